The molecule has 0 saturated heterocycles. The largest absolute Gasteiger partial charge is 0.464 e. The highest BCUT2D eigenvalue weighted by Gasteiger charge is 2.26. The van der Waals surface area contributed by atoms with Gasteiger partial charge in [-0.1, -0.05) is 0 Å². The summed E-state index contributed by atoms with van der Waals surface area (Å²) in [6.45, 7) is 7.56. The molecular formula is C11H20N2O3S. The highest BCUT2D eigenvalue weighted by atomic mass is 32.2. The number of furan rings is 1. The lowest BCUT2D eigenvalue weighted by atomic mass is 10.1. The molecule has 6 heteroatoms. The summed E-state index contributed by atoms with van der Waals surface area (Å²) >= 11 is 0. The van der Waals surface area contributed by atoms with Gasteiger partial charge in [-0.2, -0.15) is 0 Å². The van der Waals surface area contributed by atoms with Crippen LogP contribution in [-0.4, -0.2) is 21.0 Å². The quantitative estimate of drug-likeness (QED) is 0.858. The molecule has 0 radical (unpaired) electrons. The summed E-state index contributed by atoms with van der Waals surface area (Å²) in [6.07, 6.45) is 0. The van der Waals surface area contributed by atoms with Gasteiger partial charge in [0.15, 0.2) is 0 Å². The Labute approximate surface area is 103 Å². The predicted octanol–water partition coefficient (Wildman–Crippen LogP) is 1.38. The summed E-state index contributed by atoms with van der Waals surface area (Å²) in [5, 5.41) is 2.92. The molecule has 0 bridgehead atoms. The molecule has 1 heterocycles. The van der Waals surface area contributed by atoms with E-state index in [1.54, 1.807) is 40.8 Å². The van der Waals surface area contributed by atoms with Crippen LogP contribution in [0.2, 0.25) is 0 Å². The van der Waals surface area contributed by atoms with Crippen LogP contribution in [0.4, 0.5) is 0 Å². The topological polar surface area (TPSA) is 71.3 Å². The Kier molecular flexibility index (Phi) is 4.01. The molecule has 0 fully saturated rings. The molecule has 2 N–H and O–H groups in total. The SMILES string of the molecule is CNCc1cc(S(=O)(=O)NC(C)(C)C)c(C)o1. The molecule has 5 nitrogen and oxygen atoms in total. The Morgan fingerprint density at radius 2 is 1.94 bits per heavy atom. The molecule has 0 aliphatic carbocycles. The molecular weight excluding hydrogens is 240 g/mol. The summed E-state index contributed by atoms with van der Waals surface area (Å²) in [6, 6.07) is 1.56. The van der Waals surface area contributed by atoms with E-state index < -0.39 is 15.6 Å². The van der Waals surface area contributed by atoms with Crippen molar-refractivity contribution in [2.75, 3.05) is 7.05 Å². The first-order valence-corrected chi connectivity index (χ1v) is 6.92. The summed E-state index contributed by atoms with van der Waals surface area (Å²) in [7, 11) is -1.74. The van der Waals surface area contributed by atoms with Crippen LogP contribution in [0.25, 0.3) is 0 Å². The third-order valence-corrected chi connectivity index (χ3v) is 3.87. The molecule has 1 rings (SSSR count). The van der Waals surface area contributed by atoms with Crippen LogP contribution < -0.4 is 10.0 Å². The average Bonchev–Trinajstić information content (AvgIpc) is 2.43. The van der Waals surface area contributed by atoms with E-state index in [1.165, 1.54) is 0 Å². The summed E-state index contributed by atoms with van der Waals surface area (Å²) in [5.41, 5.74) is -0.508. The van der Waals surface area contributed by atoms with Gasteiger partial charge in [-0.3, -0.25) is 0 Å². The van der Waals surface area contributed by atoms with E-state index in [4.69, 9.17) is 4.42 Å². The standard InChI is InChI=1S/C11H20N2O3S/c1-8-10(6-9(16-8)7-12-5)17(14,15)13-11(2,3)4/h6,12-13H,7H2,1-5H3. The Hall–Kier alpha value is -0.850. The van der Waals surface area contributed by atoms with E-state index in [2.05, 4.69) is 10.0 Å². The Bertz CT molecular complexity index is 483. The van der Waals surface area contributed by atoms with Crippen molar-refractivity contribution in [3.05, 3.63) is 17.6 Å². The minimum Gasteiger partial charge on any atom is -0.464 e. The van der Waals surface area contributed by atoms with Crippen LogP contribution in [0.1, 0.15) is 32.3 Å². The van der Waals surface area contributed by atoms with Crippen LogP contribution in [-0.2, 0) is 16.6 Å². The van der Waals surface area contributed by atoms with E-state index in [9.17, 15) is 8.42 Å². The maximum atomic E-state index is 12.1. The first kappa shape index (κ1) is 14.2. The van der Waals surface area contributed by atoms with Crippen molar-refractivity contribution in [1.29, 1.82) is 0 Å². The van der Waals surface area contributed by atoms with E-state index in [0.29, 0.717) is 18.1 Å². The number of aryl methyl sites for hydroxylation is 1. The Morgan fingerprint density at radius 3 is 2.41 bits per heavy atom. The summed E-state index contributed by atoms with van der Waals surface area (Å²) in [5.74, 6) is 1.02. The lowest BCUT2D eigenvalue weighted by Crippen LogP contribution is -2.40. The smallest absolute Gasteiger partial charge is 0.244 e. The van der Waals surface area contributed by atoms with Gasteiger partial charge in [-0.05, 0) is 34.7 Å². The molecule has 0 atom stereocenters. The molecule has 0 aliphatic rings. The fourth-order valence-corrected chi connectivity index (χ4v) is 3.13. The van der Waals surface area contributed by atoms with E-state index in [1.807, 2.05) is 0 Å². The second kappa shape index (κ2) is 4.80. The monoisotopic (exact) mass is 260 g/mol. The second-order valence-electron chi connectivity index (χ2n) is 5.02. The van der Waals surface area contributed by atoms with Gasteiger partial charge >= 0.3 is 0 Å². The highest BCUT2D eigenvalue weighted by molar-refractivity contribution is 7.89. The summed E-state index contributed by atoms with van der Waals surface area (Å²) < 4.78 is 32.2. The number of hydrogen-bond donors (Lipinski definition) is 2. The zero-order valence-corrected chi connectivity index (χ0v) is 11.7. The molecule has 1 aromatic rings. The number of sulfonamides is 1. The lowest BCUT2D eigenvalue weighted by Gasteiger charge is -2.19. The van der Waals surface area contributed by atoms with Crippen molar-refractivity contribution in [2.24, 2.45) is 0 Å². The average molecular weight is 260 g/mol. The van der Waals surface area contributed by atoms with Gasteiger partial charge in [0.25, 0.3) is 0 Å². The van der Waals surface area contributed by atoms with E-state index in [-0.39, 0.29) is 4.90 Å². The molecule has 0 aromatic carbocycles. The predicted molar refractivity (Wildman–Crippen MR) is 66.3 cm³/mol. The third kappa shape index (κ3) is 3.83. The van der Waals surface area contributed by atoms with Gasteiger partial charge in [0.2, 0.25) is 10.0 Å². The molecule has 1 aromatic heterocycles. The highest BCUT2D eigenvalue weighted by Crippen LogP contribution is 2.21. The molecule has 0 amide bonds. The molecule has 98 valence electrons. The normalized spacial score (nSPS) is 13.0. The van der Waals surface area contributed by atoms with Crippen LogP contribution in [0.3, 0.4) is 0 Å². The Morgan fingerprint density at radius 1 is 1.35 bits per heavy atom. The number of rotatable bonds is 4. The van der Waals surface area contributed by atoms with Crippen molar-refractivity contribution in [3.63, 3.8) is 0 Å². The molecule has 0 saturated carbocycles. The first-order chi connectivity index (χ1) is 7.65. The van der Waals surface area contributed by atoms with Crippen molar-refractivity contribution in [1.82, 2.24) is 10.0 Å². The second-order valence-corrected chi connectivity index (χ2v) is 6.67. The van der Waals surface area contributed by atoms with Gasteiger partial charge in [-0.25, -0.2) is 13.1 Å². The van der Waals surface area contributed by atoms with E-state index in [0.717, 1.165) is 0 Å². The van der Waals surface area contributed by atoms with Crippen molar-refractivity contribution < 1.29 is 12.8 Å². The van der Waals surface area contributed by atoms with Gasteiger partial charge in [0, 0.05) is 11.6 Å². The third-order valence-electron chi connectivity index (χ3n) is 2.00. The van der Waals surface area contributed by atoms with Gasteiger partial charge < -0.3 is 9.73 Å². The van der Waals surface area contributed by atoms with Gasteiger partial charge in [-0.15, -0.1) is 0 Å². The number of nitrogens with one attached hydrogen (secondary N) is 2. The molecule has 0 aliphatic heterocycles. The van der Waals surface area contributed by atoms with E-state index >= 15 is 0 Å². The van der Waals surface area contributed by atoms with Gasteiger partial charge in [0.05, 0.1) is 6.54 Å². The van der Waals surface area contributed by atoms with Crippen LogP contribution in [0.15, 0.2) is 15.4 Å². The maximum Gasteiger partial charge on any atom is 0.244 e. The fraction of sp³-hybridized carbons (Fsp3) is 0.636. The lowest BCUT2D eigenvalue weighted by molar-refractivity contribution is 0.463. The van der Waals surface area contributed by atoms with Crippen LogP contribution in [0, 0.1) is 6.92 Å². The van der Waals surface area contributed by atoms with Crippen LogP contribution in [0.5, 0.6) is 0 Å². The zero-order chi connectivity index (χ0) is 13.3. The minimum atomic E-state index is -3.52. The molecule has 0 unspecified atom stereocenters. The van der Waals surface area contributed by atoms with Crippen molar-refractivity contribution in [3.8, 4) is 0 Å². The van der Waals surface area contributed by atoms with Crippen molar-refractivity contribution in [2.45, 2.75) is 44.7 Å². The molecule has 17 heavy (non-hydrogen) atoms. The fourth-order valence-electron chi connectivity index (χ4n) is 1.51. The molecule has 0 spiro atoms. The Balaban J connectivity index is 3.07. The van der Waals surface area contributed by atoms with Crippen LogP contribution >= 0.6 is 0 Å². The number of hydrogen-bond acceptors (Lipinski definition) is 4. The first-order valence-electron chi connectivity index (χ1n) is 5.43. The summed E-state index contributed by atoms with van der Waals surface area (Å²) in [4.78, 5) is 0.206. The van der Waals surface area contributed by atoms with Crippen molar-refractivity contribution >= 4 is 10.0 Å². The minimum absolute atomic E-state index is 0.206. The van der Waals surface area contributed by atoms with Gasteiger partial charge in [0.1, 0.15) is 16.4 Å². The maximum absolute atomic E-state index is 12.1. The zero-order valence-electron chi connectivity index (χ0n) is 10.9.